The number of carbonyl (C=O) groups excluding carboxylic acids is 3. The number of nitrogens with zero attached hydrogens (tertiary/aromatic N) is 2. The molecule has 2 N–H and O–H groups in total. The van der Waals surface area contributed by atoms with E-state index in [1.807, 2.05) is 0 Å². The lowest BCUT2D eigenvalue weighted by Crippen LogP contribution is -2.49. The number of thioether (sulfide) groups is 1. The van der Waals surface area contributed by atoms with Gasteiger partial charge in [-0.1, -0.05) is 44.0 Å². The van der Waals surface area contributed by atoms with Crippen LogP contribution in [0.1, 0.15) is 55.2 Å². The second-order valence-electron chi connectivity index (χ2n) is 7.99. The molecule has 9 nitrogen and oxygen atoms in total. The van der Waals surface area contributed by atoms with E-state index in [1.54, 1.807) is 31.2 Å². The fourth-order valence-corrected chi connectivity index (χ4v) is 4.54. The largest absolute Gasteiger partial charge is 0.452 e. The van der Waals surface area contributed by atoms with Gasteiger partial charge >= 0.3 is 12.0 Å². The topological polar surface area (TPSA) is 123 Å². The molecule has 3 rings (SSSR count). The predicted octanol–water partition coefficient (Wildman–Crippen LogP) is 3.48. The van der Waals surface area contributed by atoms with Gasteiger partial charge in [-0.15, -0.1) is 11.8 Å². The van der Waals surface area contributed by atoms with Crippen LogP contribution in [-0.2, 0) is 15.3 Å². The lowest BCUT2D eigenvalue weighted by atomic mass is 9.78. The Balaban J connectivity index is 1.47. The van der Waals surface area contributed by atoms with Crippen LogP contribution >= 0.6 is 11.8 Å². The van der Waals surface area contributed by atoms with E-state index in [9.17, 15) is 14.4 Å². The SMILES string of the molecule is Cc1noc(CSc2ccccc2C(=O)OCC(=O)NC(=O)NC2CCCC(C)C2C)n1. The average molecular weight is 461 g/mol. The number of hydrogen-bond acceptors (Lipinski definition) is 8. The van der Waals surface area contributed by atoms with E-state index in [1.165, 1.54) is 11.8 Å². The van der Waals surface area contributed by atoms with Crippen molar-refractivity contribution in [3.05, 3.63) is 41.5 Å². The number of amides is 3. The highest BCUT2D eigenvalue weighted by Gasteiger charge is 2.28. The summed E-state index contributed by atoms with van der Waals surface area (Å²) < 4.78 is 10.2. The summed E-state index contributed by atoms with van der Waals surface area (Å²) in [6.07, 6.45) is 3.08. The number of rotatable bonds is 7. The van der Waals surface area contributed by atoms with Crippen LogP contribution in [0.25, 0.3) is 0 Å². The number of aromatic nitrogens is 2. The van der Waals surface area contributed by atoms with Gasteiger partial charge in [-0.25, -0.2) is 9.59 Å². The van der Waals surface area contributed by atoms with E-state index in [-0.39, 0.29) is 6.04 Å². The van der Waals surface area contributed by atoms with Crippen LogP contribution < -0.4 is 10.6 Å². The minimum absolute atomic E-state index is 0.0284. The van der Waals surface area contributed by atoms with E-state index in [4.69, 9.17) is 9.26 Å². The third kappa shape index (κ3) is 6.56. The zero-order valence-corrected chi connectivity index (χ0v) is 19.2. The van der Waals surface area contributed by atoms with Gasteiger partial charge in [0, 0.05) is 10.9 Å². The molecule has 10 heteroatoms. The van der Waals surface area contributed by atoms with Gasteiger partial charge < -0.3 is 14.6 Å². The first kappa shape index (κ1) is 23.8. The van der Waals surface area contributed by atoms with Crippen molar-refractivity contribution >= 4 is 29.7 Å². The molecule has 0 aliphatic heterocycles. The van der Waals surface area contributed by atoms with Crippen LogP contribution in [0.3, 0.4) is 0 Å². The fourth-order valence-electron chi connectivity index (χ4n) is 3.66. The number of benzene rings is 1. The molecule has 3 amide bonds. The van der Waals surface area contributed by atoms with Crippen molar-refractivity contribution in [1.82, 2.24) is 20.8 Å². The van der Waals surface area contributed by atoms with Crippen LogP contribution in [0.4, 0.5) is 4.79 Å². The second-order valence-corrected chi connectivity index (χ2v) is 9.01. The number of esters is 1. The number of hydrogen-bond donors (Lipinski definition) is 2. The Hall–Kier alpha value is -2.88. The summed E-state index contributed by atoms with van der Waals surface area (Å²) in [5.74, 6) is 0.904. The highest BCUT2D eigenvalue weighted by atomic mass is 32.2. The number of carbonyl (C=O) groups is 3. The van der Waals surface area contributed by atoms with E-state index in [0.717, 1.165) is 19.3 Å². The molecule has 0 spiro atoms. The highest BCUT2D eigenvalue weighted by molar-refractivity contribution is 7.98. The lowest BCUT2D eigenvalue weighted by molar-refractivity contribution is -0.123. The van der Waals surface area contributed by atoms with E-state index >= 15 is 0 Å². The molecule has 3 atom stereocenters. The predicted molar refractivity (Wildman–Crippen MR) is 118 cm³/mol. The van der Waals surface area contributed by atoms with Crippen molar-refractivity contribution in [2.45, 2.75) is 56.7 Å². The Morgan fingerprint density at radius 2 is 2.00 bits per heavy atom. The number of nitrogens with one attached hydrogen (secondary N) is 2. The molecule has 0 bridgehead atoms. The third-order valence-electron chi connectivity index (χ3n) is 5.64. The van der Waals surface area contributed by atoms with Gasteiger partial charge in [0.15, 0.2) is 12.4 Å². The van der Waals surface area contributed by atoms with Crippen molar-refractivity contribution in [2.24, 2.45) is 11.8 Å². The van der Waals surface area contributed by atoms with E-state index in [2.05, 4.69) is 34.6 Å². The van der Waals surface area contributed by atoms with Crippen LogP contribution in [0.5, 0.6) is 0 Å². The minimum Gasteiger partial charge on any atom is -0.452 e. The Kier molecular flexibility index (Phi) is 8.26. The summed E-state index contributed by atoms with van der Waals surface area (Å²) in [6, 6.07) is 6.34. The van der Waals surface area contributed by atoms with E-state index < -0.39 is 24.5 Å². The molecule has 0 radical (unpaired) electrons. The Morgan fingerprint density at radius 3 is 2.75 bits per heavy atom. The minimum atomic E-state index is -0.682. The van der Waals surface area contributed by atoms with Gasteiger partial charge in [-0.05, 0) is 37.3 Å². The first-order chi connectivity index (χ1) is 15.3. The smallest absolute Gasteiger partial charge is 0.339 e. The second kappa shape index (κ2) is 11.1. The summed E-state index contributed by atoms with van der Waals surface area (Å²) >= 11 is 1.34. The zero-order valence-electron chi connectivity index (χ0n) is 18.4. The molecule has 1 aromatic heterocycles. The van der Waals surface area contributed by atoms with Crippen molar-refractivity contribution in [2.75, 3.05) is 6.61 Å². The van der Waals surface area contributed by atoms with Gasteiger partial charge in [0.1, 0.15) is 0 Å². The molecule has 1 heterocycles. The molecule has 32 heavy (non-hydrogen) atoms. The van der Waals surface area contributed by atoms with Crippen molar-refractivity contribution < 1.29 is 23.6 Å². The summed E-state index contributed by atoms with van der Waals surface area (Å²) in [6.45, 7) is 5.45. The normalized spacial score (nSPS) is 20.4. The lowest BCUT2D eigenvalue weighted by Gasteiger charge is -2.34. The van der Waals surface area contributed by atoms with Crippen molar-refractivity contribution in [1.29, 1.82) is 0 Å². The quantitative estimate of drug-likeness (QED) is 0.475. The first-order valence-electron chi connectivity index (χ1n) is 10.6. The monoisotopic (exact) mass is 460 g/mol. The molecule has 3 unspecified atom stereocenters. The van der Waals surface area contributed by atoms with Crippen LogP contribution in [-0.4, -0.2) is 40.7 Å². The van der Waals surface area contributed by atoms with Crippen molar-refractivity contribution in [3.8, 4) is 0 Å². The maximum Gasteiger partial charge on any atom is 0.339 e. The van der Waals surface area contributed by atoms with Crippen LogP contribution in [0.2, 0.25) is 0 Å². The van der Waals surface area contributed by atoms with E-state index in [0.29, 0.717) is 39.8 Å². The molecule has 0 saturated heterocycles. The maximum atomic E-state index is 12.5. The summed E-state index contributed by atoms with van der Waals surface area (Å²) in [5.41, 5.74) is 0.316. The molecular weight excluding hydrogens is 432 g/mol. The molecular formula is C22H28N4O5S. The standard InChI is InChI=1S/C22H28N4O5S/c1-13-7-6-9-17(14(13)2)24-22(29)25-19(27)11-30-21(28)16-8-4-5-10-18(16)32-12-20-23-15(3)26-31-20/h4-5,8,10,13-14,17H,6-7,9,11-12H2,1-3H3,(H2,24,25,27,29). The Labute approximate surface area is 191 Å². The summed E-state index contributed by atoms with van der Waals surface area (Å²) in [7, 11) is 0. The molecule has 172 valence electrons. The maximum absolute atomic E-state index is 12.5. The molecule has 1 aliphatic carbocycles. The zero-order chi connectivity index (χ0) is 23.1. The fraction of sp³-hybridized carbons (Fsp3) is 0.500. The number of aryl methyl sites for hydroxylation is 1. The average Bonchev–Trinajstić information content (AvgIpc) is 3.19. The summed E-state index contributed by atoms with van der Waals surface area (Å²) in [5, 5.41) is 8.83. The van der Waals surface area contributed by atoms with Gasteiger partial charge in [0.05, 0.1) is 11.3 Å². The number of ether oxygens (including phenoxy) is 1. The molecule has 1 aliphatic rings. The number of imide groups is 1. The summed E-state index contributed by atoms with van der Waals surface area (Å²) in [4.78, 5) is 41.5. The molecule has 1 aromatic carbocycles. The van der Waals surface area contributed by atoms with Gasteiger partial charge in [-0.2, -0.15) is 4.98 Å². The van der Waals surface area contributed by atoms with Crippen LogP contribution in [0.15, 0.2) is 33.7 Å². The molecule has 1 saturated carbocycles. The third-order valence-corrected chi connectivity index (χ3v) is 6.70. The Morgan fingerprint density at radius 1 is 1.22 bits per heavy atom. The van der Waals surface area contributed by atoms with Gasteiger partial charge in [0.25, 0.3) is 5.91 Å². The highest BCUT2D eigenvalue weighted by Crippen LogP contribution is 2.29. The van der Waals surface area contributed by atoms with Gasteiger partial charge in [-0.3, -0.25) is 10.1 Å². The van der Waals surface area contributed by atoms with Crippen LogP contribution in [0, 0.1) is 18.8 Å². The van der Waals surface area contributed by atoms with Crippen molar-refractivity contribution in [3.63, 3.8) is 0 Å². The molecule has 2 aromatic rings. The van der Waals surface area contributed by atoms with Gasteiger partial charge in [0.2, 0.25) is 5.89 Å². The Bertz CT molecular complexity index is 963. The first-order valence-corrected chi connectivity index (χ1v) is 11.6. The number of urea groups is 1. The molecule has 1 fully saturated rings.